The standard InChI is InChI=1S/C12H16S/c1-12(2,3)10-8-13-11-7-5-4-6-9(10)11/h4-7,10H,8H2,1-3H3. The minimum Gasteiger partial charge on any atom is -0.125 e. The third kappa shape index (κ3) is 1.62. The number of benzene rings is 1. The summed E-state index contributed by atoms with van der Waals surface area (Å²) in [6.07, 6.45) is 0. The lowest BCUT2D eigenvalue weighted by atomic mass is 9.78. The van der Waals surface area contributed by atoms with Crippen LogP contribution < -0.4 is 0 Å². The molecule has 13 heavy (non-hydrogen) atoms. The average Bonchev–Trinajstić information content (AvgIpc) is 2.45. The van der Waals surface area contributed by atoms with Gasteiger partial charge >= 0.3 is 0 Å². The molecule has 0 fully saturated rings. The third-order valence-electron chi connectivity index (χ3n) is 2.75. The first-order chi connectivity index (χ1) is 6.09. The fourth-order valence-electron chi connectivity index (χ4n) is 1.88. The van der Waals surface area contributed by atoms with E-state index in [0.717, 1.165) is 5.92 Å². The molecule has 1 atom stereocenters. The summed E-state index contributed by atoms with van der Waals surface area (Å²) >= 11 is 2.00. The van der Waals surface area contributed by atoms with Crippen LogP contribution >= 0.6 is 11.8 Å². The zero-order valence-corrected chi connectivity index (χ0v) is 9.32. The minimum atomic E-state index is 0.402. The Bertz CT molecular complexity index is 309. The quantitative estimate of drug-likeness (QED) is 0.600. The van der Waals surface area contributed by atoms with E-state index < -0.39 is 0 Å². The van der Waals surface area contributed by atoms with Crippen LogP contribution in [0.15, 0.2) is 29.2 Å². The van der Waals surface area contributed by atoms with Crippen LogP contribution in [0.5, 0.6) is 0 Å². The Morgan fingerprint density at radius 2 is 1.92 bits per heavy atom. The summed E-state index contributed by atoms with van der Waals surface area (Å²) in [5.41, 5.74) is 1.96. The van der Waals surface area contributed by atoms with Gasteiger partial charge < -0.3 is 0 Å². The molecule has 0 saturated carbocycles. The van der Waals surface area contributed by atoms with E-state index in [-0.39, 0.29) is 0 Å². The highest BCUT2D eigenvalue weighted by molar-refractivity contribution is 7.99. The molecular formula is C12H16S. The van der Waals surface area contributed by atoms with Crippen LogP contribution in [0, 0.1) is 5.41 Å². The number of thioether (sulfide) groups is 1. The summed E-state index contributed by atoms with van der Waals surface area (Å²) in [6.45, 7) is 7.00. The molecule has 1 aromatic carbocycles. The van der Waals surface area contributed by atoms with E-state index in [2.05, 4.69) is 45.0 Å². The molecule has 0 radical (unpaired) electrons. The van der Waals surface area contributed by atoms with Crippen molar-refractivity contribution in [3.63, 3.8) is 0 Å². The average molecular weight is 192 g/mol. The molecule has 0 saturated heterocycles. The first-order valence-electron chi connectivity index (χ1n) is 4.81. The van der Waals surface area contributed by atoms with Gasteiger partial charge in [-0.15, -0.1) is 11.8 Å². The van der Waals surface area contributed by atoms with E-state index in [1.807, 2.05) is 11.8 Å². The fraction of sp³-hybridized carbons (Fsp3) is 0.500. The minimum absolute atomic E-state index is 0.402. The van der Waals surface area contributed by atoms with Crippen molar-refractivity contribution >= 4 is 11.8 Å². The van der Waals surface area contributed by atoms with Crippen molar-refractivity contribution in [1.82, 2.24) is 0 Å². The van der Waals surface area contributed by atoms with E-state index in [1.165, 1.54) is 10.6 Å². The summed E-state index contributed by atoms with van der Waals surface area (Å²) in [6, 6.07) is 8.82. The van der Waals surface area contributed by atoms with Crippen molar-refractivity contribution < 1.29 is 0 Å². The van der Waals surface area contributed by atoms with Crippen molar-refractivity contribution in [1.29, 1.82) is 0 Å². The fourth-order valence-corrected chi connectivity index (χ4v) is 3.46. The number of fused-ring (bicyclic) bond motifs is 1. The van der Waals surface area contributed by atoms with Crippen LogP contribution in [-0.4, -0.2) is 5.75 Å². The Morgan fingerprint density at radius 3 is 2.62 bits per heavy atom. The number of rotatable bonds is 0. The van der Waals surface area contributed by atoms with Gasteiger partial charge in [-0.1, -0.05) is 39.0 Å². The summed E-state index contributed by atoms with van der Waals surface area (Å²) in [5.74, 6) is 1.98. The van der Waals surface area contributed by atoms with Gasteiger partial charge in [-0.25, -0.2) is 0 Å². The lowest BCUT2D eigenvalue weighted by molar-refractivity contribution is 0.345. The van der Waals surface area contributed by atoms with Gasteiger partial charge in [0.15, 0.2) is 0 Å². The van der Waals surface area contributed by atoms with Crippen LogP contribution in [-0.2, 0) is 0 Å². The Balaban J connectivity index is 2.39. The lowest BCUT2D eigenvalue weighted by Gasteiger charge is -2.27. The highest BCUT2D eigenvalue weighted by Crippen LogP contribution is 2.47. The van der Waals surface area contributed by atoms with E-state index >= 15 is 0 Å². The molecule has 1 aliphatic heterocycles. The Morgan fingerprint density at radius 1 is 1.23 bits per heavy atom. The second-order valence-corrected chi connectivity index (χ2v) is 5.83. The number of hydrogen-bond donors (Lipinski definition) is 0. The van der Waals surface area contributed by atoms with E-state index in [9.17, 15) is 0 Å². The van der Waals surface area contributed by atoms with Crippen molar-refractivity contribution in [3.05, 3.63) is 29.8 Å². The zero-order valence-electron chi connectivity index (χ0n) is 8.50. The first-order valence-corrected chi connectivity index (χ1v) is 5.79. The molecular weight excluding hydrogens is 176 g/mol. The SMILES string of the molecule is CC(C)(C)C1CSc2ccccc21. The van der Waals surface area contributed by atoms with Crippen molar-refractivity contribution in [3.8, 4) is 0 Å². The molecule has 0 N–H and O–H groups in total. The maximum Gasteiger partial charge on any atom is 0.0108 e. The zero-order chi connectivity index (χ0) is 9.47. The summed E-state index contributed by atoms with van der Waals surface area (Å²) < 4.78 is 0. The largest absolute Gasteiger partial charge is 0.125 e. The third-order valence-corrected chi connectivity index (χ3v) is 3.93. The van der Waals surface area contributed by atoms with Gasteiger partial charge in [-0.2, -0.15) is 0 Å². The topological polar surface area (TPSA) is 0 Å². The van der Waals surface area contributed by atoms with Crippen molar-refractivity contribution in [2.75, 3.05) is 5.75 Å². The molecule has 70 valence electrons. The van der Waals surface area contributed by atoms with Crippen LogP contribution in [0.2, 0.25) is 0 Å². The van der Waals surface area contributed by atoms with Gasteiger partial charge in [0.2, 0.25) is 0 Å². The van der Waals surface area contributed by atoms with E-state index in [1.54, 1.807) is 5.56 Å². The first kappa shape index (κ1) is 9.14. The lowest BCUT2D eigenvalue weighted by Crippen LogP contribution is -2.17. The molecule has 0 nitrogen and oxygen atoms in total. The molecule has 1 aliphatic rings. The summed E-state index contributed by atoms with van der Waals surface area (Å²) in [7, 11) is 0. The molecule has 0 bridgehead atoms. The van der Waals surface area contributed by atoms with Gasteiger partial charge in [0.25, 0.3) is 0 Å². The highest BCUT2D eigenvalue weighted by Gasteiger charge is 2.32. The van der Waals surface area contributed by atoms with Gasteiger partial charge in [-0.3, -0.25) is 0 Å². The van der Waals surface area contributed by atoms with Crippen LogP contribution in [0.1, 0.15) is 32.3 Å². The molecule has 0 aromatic heterocycles. The molecule has 0 aliphatic carbocycles. The van der Waals surface area contributed by atoms with Crippen LogP contribution in [0.4, 0.5) is 0 Å². The predicted octanol–water partition coefficient (Wildman–Crippen LogP) is 3.92. The van der Waals surface area contributed by atoms with Gasteiger partial charge in [0.1, 0.15) is 0 Å². The summed E-state index contributed by atoms with van der Waals surface area (Å²) in [5, 5.41) is 0. The molecule has 0 spiro atoms. The number of hydrogen-bond acceptors (Lipinski definition) is 1. The Kier molecular flexibility index (Phi) is 2.15. The normalized spacial score (nSPS) is 21.6. The molecule has 2 rings (SSSR count). The maximum atomic E-state index is 2.33. The van der Waals surface area contributed by atoms with Crippen molar-refractivity contribution in [2.24, 2.45) is 5.41 Å². The molecule has 1 heterocycles. The summed E-state index contributed by atoms with van der Waals surface area (Å²) in [4.78, 5) is 1.49. The van der Waals surface area contributed by atoms with Gasteiger partial charge in [0.05, 0.1) is 0 Å². The van der Waals surface area contributed by atoms with E-state index in [4.69, 9.17) is 0 Å². The Hall–Kier alpha value is -0.430. The predicted molar refractivity (Wildman–Crippen MR) is 59.4 cm³/mol. The second-order valence-electron chi connectivity index (χ2n) is 4.77. The molecule has 1 unspecified atom stereocenters. The Labute approximate surface area is 84.7 Å². The second kappa shape index (κ2) is 3.06. The monoisotopic (exact) mass is 192 g/mol. The smallest absolute Gasteiger partial charge is 0.0108 e. The van der Waals surface area contributed by atoms with Crippen LogP contribution in [0.3, 0.4) is 0 Å². The molecule has 0 amide bonds. The maximum absolute atomic E-state index is 2.33. The van der Waals surface area contributed by atoms with Gasteiger partial charge in [-0.05, 0) is 23.0 Å². The highest BCUT2D eigenvalue weighted by atomic mass is 32.2. The van der Waals surface area contributed by atoms with Gasteiger partial charge in [0, 0.05) is 10.6 Å². The molecule has 1 aromatic rings. The van der Waals surface area contributed by atoms with E-state index in [0.29, 0.717) is 5.41 Å². The van der Waals surface area contributed by atoms with Crippen LogP contribution in [0.25, 0.3) is 0 Å². The van der Waals surface area contributed by atoms with Crippen molar-refractivity contribution in [2.45, 2.75) is 31.6 Å². The molecule has 1 heteroatoms.